The van der Waals surface area contributed by atoms with Gasteiger partial charge in [-0.1, -0.05) is 11.6 Å². The van der Waals surface area contributed by atoms with Crippen LogP contribution < -0.4 is 11.1 Å². The maximum Gasteiger partial charge on any atom is 0.155 e. The third kappa shape index (κ3) is 2.86. The molecular weight excluding hydrogens is 272 g/mol. The maximum atomic E-state index is 6.09. The molecule has 5 heteroatoms. The van der Waals surface area contributed by atoms with Gasteiger partial charge in [-0.15, -0.1) is 0 Å². The van der Waals surface area contributed by atoms with Crippen LogP contribution in [-0.2, 0) is 0 Å². The number of hydrogen-bond acceptors (Lipinski definition) is 4. The molecule has 3 N–H and O–H groups in total. The van der Waals surface area contributed by atoms with Crippen molar-refractivity contribution in [2.24, 2.45) is 11.7 Å². The summed E-state index contributed by atoms with van der Waals surface area (Å²) in [6.07, 6.45) is 6.41. The van der Waals surface area contributed by atoms with Crippen LogP contribution in [-0.4, -0.2) is 22.6 Å². The minimum atomic E-state index is 0.456. The molecule has 2 aromatic rings. The minimum Gasteiger partial charge on any atom is -0.367 e. The van der Waals surface area contributed by atoms with Gasteiger partial charge in [0.1, 0.15) is 11.3 Å². The van der Waals surface area contributed by atoms with Crippen LogP contribution in [0.15, 0.2) is 24.4 Å². The first-order valence-electron chi connectivity index (χ1n) is 7.14. The molecule has 2 aromatic heterocycles. The predicted octanol–water partition coefficient (Wildman–Crippen LogP) is 3.21. The van der Waals surface area contributed by atoms with E-state index in [-0.39, 0.29) is 0 Å². The Morgan fingerprint density at radius 2 is 2.00 bits per heavy atom. The van der Waals surface area contributed by atoms with Crippen LogP contribution in [0.5, 0.6) is 0 Å². The summed E-state index contributed by atoms with van der Waals surface area (Å²) in [5, 5.41) is 4.98. The van der Waals surface area contributed by atoms with Gasteiger partial charge in [0.15, 0.2) is 5.15 Å². The molecular formula is C15H19ClN4. The van der Waals surface area contributed by atoms with Crippen molar-refractivity contribution in [1.29, 1.82) is 0 Å². The molecule has 4 nitrogen and oxygen atoms in total. The smallest absolute Gasteiger partial charge is 0.155 e. The van der Waals surface area contributed by atoms with Crippen molar-refractivity contribution >= 4 is 28.3 Å². The zero-order chi connectivity index (χ0) is 13.9. The van der Waals surface area contributed by atoms with Crippen LogP contribution in [0.1, 0.15) is 25.7 Å². The van der Waals surface area contributed by atoms with Gasteiger partial charge in [-0.25, -0.2) is 9.97 Å². The lowest BCUT2D eigenvalue weighted by Gasteiger charge is -2.28. The summed E-state index contributed by atoms with van der Waals surface area (Å²) in [4.78, 5) is 8.66. The molecule has 0 amide bonds. The van der Waals surface area contributed by atoms with E-state index in [1.54, 1.807) is 6.20 Å². The van der Waals surface area contributed by atoms with E-state index in [0.717, 1.165) is 36.1 Å². The van der Waals surface area contributed by atoms with Crippen molar-refractivity contribution in [3.63, 3.8) is 0 Å². The van der Waals surface area contributed by atoms with Crippen LogP contribution in [0.25, 0.3) is 10.9 Å². The van der Waals surface area contributed by atoms with Crippen LogP contribution >= 0.6 is 11.6 Å². The average molecular weight is 291 g/mol. The number of nitrogens with one attached hydrogen (secondary N) is 1. The summed E-state index contributed by atoms with van der Waals surface area (Å²) in [6, 6.07) is 6.44. The van der Waals surface area contributed by atoms with Gasteiger partial charge >= 0.3 is 0 Å². The highest BCUT2D eigenvalue weighted by molar-refractivity contribution is 6.33. The quantitative estimate of drug-likeness (QED) is 0.852. The zero-order valence-electron chi connectivity index (χ0n) is 11.3. The largest absolute Gasteiger partial charge is 0.367 e. The highest BCUT2D eigenvalue weighted by Gasteiger charge is 2.20. The van der Waals surface area contributed by atoms with Crippen LogP contribution in [0.4, 0.5) is 5.82 Å². The Balaban J connectivity index is 1.73. The first kappa shape index (κ1) is 13.6. The molecule has 20 heavy (non-hydrogen) atoms. The third-order valence-electron chi connectivity index (χ3n) is 4.10. The van der Waals surface area contributed by atoms with Crippen molar-refractivity contribution in [2.75, 3.05) is 11.9 Å². The molecule has 0 radical (unpaired) electrons. The molecule has 3 rings (SSSR count). The topological polar surface area (TPSA) is 63.8 Å². The number of hydrogen-bond donors (Lipinski definition) is 2. The van der Waals surface area contributed by atoms with E-state index in [1.165, 1.54) is 12.8 Å². The van der Waals surface area contributed by atoms with Gasteiger partial charge in [0.05, 0.1) is 0 Å². The molecule has 0 spiro atoms. The Morgan fingerprint density at radius 3 is 2.75 bits per heavy atom. The molecule has 1 aliphatic rings. The number of nitrogens with zero attached hydrogens (tertiary/aromatic N) is 2. The number of aromatic nitrogens is 2. The molecule has 0 atom stereocenters. The van der Waals surface area contributed by atoms with Gasteiger partial charge in [-0.05, 0) is 56.3 Å². The van der Waals surface area contributed by atoms with Gasteiger partial charge in [-0.2, -0.15) is 0 Å². The maximum absolute atomic E-state index is 6.09. The van der Waals surface area contributed by atoms with Crippen molar-refractivity contribution in [3.8, 4) is 0 Å². The van der Waals surface area contributed by atoms with Crippen molar-refractivity contribution in [1.82, 2.24) is 9.97 Å². The second kappa shape index (κ2) is 5.94. The second-order valence-corrected chi connectivity index (χ2v) is 5.83. The van der Waals surface area contributed by atoms with E-state index in [9.17, 15) is 0 Å². The highest BCUT2D eigenvalue weighted by Crippen LogP contribution is 2.26. The third-order valence-corrected chi connectivity index (χ3v) is 4.37. The fraction of sp³-hybridized carbons (Fsp3) is 0.467. The van der Waals surface area contributed by atoms with Crippen LogP contribution in [0.3, 0.4) is 0 Å². The van der Waals surface area contributed by atoms with Gasteiger partial charge < -0.3 is 11.1 Å². The summed E-state index contributed by atoms with van der Waals surface area (Å²) >= 11 is 6.09. The van der Waals surface area contributed by atoms with Crippen molar-refractivity contribution < 1.29 is 0 Å². The van der Waals surface area contributed by atoms with Gasteiger partial charge in [0.25, 0.3) is 0 Å². The summed E-state index contributed by atoms with van der Waals surface area (Å²) in [7, 11) is 0. The molecule has 2 heterocycles. The number of nitrogens with two attached hydrogens (primary N) is 1. The number of halogens is 1. The predicted molar refractivity (Wildman–Crippen MR) is 83.0 cm³/mol. The standard InChI is InChI=1S/C15H19ClN4/c16-15-14-11(7-8-18-15)3-6-13(20-14)19-12-4-1-10(9-17)2-5-12/h3,6-8,10,12H,1-2,4-5,9,17H2,(H,19,20)/t10-,12-. The minimum absolute atomic E-state index is 0.456. The lowest BCUT2D eigenvalue weighted by Crippen LogP contribution is -2.29. The second-order valence-electron chi connectivity index (χ2n) is 5.47. The lowest BCUT2D eigenvalue weighted by molar-refractivity contribution is 0.344. The summed E-state index contributed by atoms with van der Waals surface area (Å²) in [5.41, 5.74) is 6.48. The van der Waals surface area contributed by atoms with Crippen LogP contribution in [0.2, 0.25) is 5.15 Å². The van der Waals surface area contributed by atoms with Gasteiger partial charge in [0, 0.05) is 17.6 Å². The normalized spacial score (nSPS) is 22.9. The first-order valence-corrected chi connectivity index (χ1v) is 7.52. The van der Waals surface area contributed by atoms with Crippen LogP contribution in [0, 0.1) is 5.92 Å². The Bertz CT molecular complexity index is 593. The van der Waals surface area contributed by atoms with Crippen molar-refractivity contribution in [2.45, 2.75) is 31.7 Å². The highest BCUT2D eigenvalue weighted by atomic mass is 35.5. The number of anilines is 1. The number of rotatable bonds is 3. The molecule has 0 bridgehead atoms. The summed E-state index contributed by atoms with van der Waals surface area (Å²) < 4.78 is 0. The number of fused-ring (bicyclic) bond motifs is 1. The van der Waals surface area contributed by atoms with E-state index < -0.39 is 0 Å². The first-order chi connectivity index (χ1) is 9.76. The molecule has 0 aliphatic heterocycles. The van der Waals surface area contributed by atoms with E-state index in [0.29, 0.717) is 17.1 Å². The number of pyridine rings is 2. The van der Waals surface area contributed by atoms with E-state index in [1.807, 2.05) is 18.2 Å². The van der Waals surface area contributed by atoms with E-state index >= 15 is 0 Å². The van der Waals surface area contributed by atoms with E-state index in [2.05, 4.69) is 15.3 Å². The summed E-state index contributed by atoms with van der Waals surface area (Å²) in [5.74, 6) is 1.57. The Hall–Kier alpha value is -1.39. The Morgan fingerprint density at radius 1 is 1.20 bits per heavy atom. The Labute approximate surface area is 123 Å². The molecule has 106 valence electrons. The average Bonchev–Trinajstić information content (AvgIpc) is 2.49. The SMILES string of the molecule is NC[C@H]1CC[C@H](Nc2ccc3ccnc(Cl)c3n2)CC1. The fourth-order valence-corrected chi connectivity index (χ4v) is 3.05. The van der Waals surface area contributed by atoms with Gasteiger partial charge in [-0.3, -0.25) is 0 Å². The van der Waals surface area contributed by atoms with Gasteiger partial charge in [0.2, 0.25) is 0 Å². The van der Waals surface area contributed by atoms with E-state index in [4.69, 9.17) is 17.3 Å². The molecule has 1 aliphatic carbocycles. The summed E-state index contributed by atoms with van der Waals surface area (Å²) in [6.45, 7) is 0.808. The zero-order valence-corrected chi connectivity index (χ0v) is 12.1. The molecule has 1 saturated carbocycles. The fourth-order valence-electron chi connectivity index (χ4n) is 2.85. The molecule has 0 saturated heterocycles. The molecule has 1 fully saturated rings. The molecule has 0 unspecified atom stereocenters. The monoisotopic (exact) mass is 290 g/mol. The Kier molecular flexibility index (Phi) is 4.03. The lowest BCUT2D eigenvalue weighted by atomic mass is 9.86. The van der Waals surface area contributed by atoms with Crippen molar-refractivity contribution in [3.05, 3.63) is 29.5 Å². The molecule has 0 aromatic carbocycles.